The number of esters is 1. The molecule has 0 aromatic heterocycles. The fraction of sp³-hybridized carbons (Fsp3) is 0.167. The number of anilines is 1. The molecule has 12 heteroatoms. The summed E-state index contributed by atoms with van der Waals surface area (Å²) in [5, 5.41) is 2.07. The van der Waals surface area contributed by atoms with Crippen molar-refractivity contribution < 1.29 is 35.9 Å². The lowest BCUT2D eigenvalue weighted by Crippen LogP contribution is -2.27. The minimum Gasteiger partial charge on any atom is -0.447 e. The first-order chi connectivity index (χ1) is 16.9. The molecule has 0 aliphatic carbocycles. The van der Waals surface area contributed by atoms with E-state index in [1.807, 2.05) is 0 Å². The quantitative estimate of drug-likeness (QED) is 0.337. The van der Waals surface area contributed by atoms with Crippen LogP contribution in [0.3, 0.4) is 0 Å². The zero-order valence-electron chi connectivity index (χ0n) is 18.3. The van der Waals surface area contributed by atoms with Gasteiger partial charge in [-0.25, -0.2) is 8.42 Å². The number of sulfone groups is 1. The summed E-state index contributed by atoms with van der Waals surface area (Å²) in [4.78, 5) is 25.3. The van der Waals surface area contributed by atoms with Crippen molar-refractivity contribution in [3.63, 3.8) is 0 Å². The van der Waals surface area contributed by atoms with Crippen LogP contribution in [0.1, 0.15) is 23.7 Å². The lowest BCUT2D eigenvalue weighted by molar-refractivity contribution is -0.154. The topological polar surface area (TPSA) is 89.5 Å². The van der Waals surface area contributed by atoms with Crippen molar-refractivity contribution in [3.05, 3.63) is 94.0 Å². The Kier molecular flexibility index (Phi) is 8.65. The molecule has 0 heterocycles. The average molecular weight is 560 g/mol. The summed E-state index contributed by atoms with van der Waals surface area (Å²) in [6, 6.07) is 15.8. The Bertz CT molecular complexity index is 1370. The third-order valence-corrected chi connectivity index (χ3v) is 7.43. The minimum atomic E-state index is -4.68. The van der Waals surface area contributed by atoms with E-state index in [0.29, 0.717) is 6.07 Å². The molecule has 0 radical (unpaired) electrons. The molecular weight excluding hydrogens is 542 g/mol. The summed E-state index contributed by atoms with van der Waals surface area (Å²) in [6.45, 7) is 0. The van der Waals surface area contributed by atoms with Crippen molar-refractivity contribution in [2.45, 2.75) is 23.6 Å². The van der Waals surface area contributed by atoms with E-state index in [4.69, 9.17) is 27.9 Å². The van der Waals surface area contributed by atoms with Gasteiger partial charge in [0.25, 0.3) is 5.91 Å². The van der Waals surface area contributed by atoms with E-state index in [1.54, 1.807) is 24.3 Å². The summed E-state index contributed by atoms with van der Waals surface area (Å²) in [6.07, 6.45) is -6.87. The molecule has 3 aromatic carbocycles. The number of halogens is 5. The third-order valence-electron chi connectivity index (χ3n) is 4.89. The maximum absolute atomic E-state index is 13.1. The van der Waals surface area contributed by atoms with E-state index in [9.17, 15) is 31.2 Å². The molecule has 1 atom stereocenters. The number of rotatable bonds is 8. The van der Waals surface area contributed by atoms with Crippen molar-refractivity contribution in [1.29, 1.82) is 0 Å². The molecule has 3 aromatic rings. The minimum absolute atomic E-state index is 0.00891. The van der Waals surface area contributed by atoms with Crippen LogP contribution in [0.25, 0.3) is 0 Å². The number of alkyl halides is 3. The first kappa shape index (κ1) is 27.5. The summed E-state index contributed by atoms with van der Waals surface area (Å²) >= 11 is 11.9. The predicted molar refractivity (Wildman–Crippen MR) is 128 cm³/mol. The van der Waals surface area contributed by atoms with E-state index >= 15 is 0 Å². The summed E-state index contributed by atoms with van der Waals surface area (Å²) in [5.41, 5.74) is -1.17. The molecule has 3 rings (SSSR count). The van der Waals surface area contributed by atoms with Gasteiger partial charge in [0.15, 0.2) is 9.84 Å². The number of hydrogen-bond acceptors (Lipinski definition) is 5. The highest BCUT2D eigenvalue weighted by atomic mass is 35.5. The highest BCUT2D eigenvalue weighted by Gasteiger charge is 2.32. The van der Waals surface area contributed by atoms with Crippen LogP contribution in [0.4, 0.5) is 18.9 Å². The number of ether oxygens (including phenoxy) is 1. The van der Waals surface area contributed by atoms with E-state index < -0.39 is 51.7 Å². The monoisotopic (exact) mass is 559 g/mol. The molecular formula is C24H18Cl2F3NO5S. The number of nitrogens with one attached hydrogen (secondary N) is 1. The maximum atomic E-state index is 13.1. The molecule has 0 aliphatic heterocycles. The number of carbonyl (C=O) groups excluding carboxylic acids is 2. The number of amides is 1. The summed E-state index contributed by atoms with van der Waals surface area (Å²) in [7, 11) is -3.94. The smallest absolute Gasteiger partial charge is 0.416 e. The molecule has 0 saturated heterocycles. The third kappa shape index (κ3) is 6.99. The lowest BCUT2D eigenvalue weighted by Gasteiger charge is -2.19. The molecule has 0 aliphatic rings. The van der Waals surface area contributed by atoms with Crippen LogP contribution in [-0.4, -0.2) is 26.0 Å². The first-order valence-corrected chi connectivity index (χ1v) is 12.7. The zero-order chi connectivity index (χ0) is 26.5. The molecule has 1 amide bonds. The van der Waals surface area contributed by atoms with Crippen molar-refractivity contribution in [1.82, 2.24) is 0 Å². The molecule has 1 N–H and O–H groups in total. The van der Waals surface area contributed by atoms with E-state index in [0.717, 1.165) is 12.1 Å². The average Bonchev–Trinajstić information content (AvgIpc) is 2.82. The van der Waals surface area contributed by atoms with Gasteiger partial charge in [0, 0.05) is 5.56 Å². The zero-order valence-corrected chi connectivity index (χ0v) is 20.6. The second-order valence-electron chi connectivity index (χ2n) is 7.46. The van der Waals surface area contributed by atoms with Crippen molar-refractivity contribution in [2.24, 2.45) is 0 Å². The van der Waals surface area contributed by atoms with Gasteiger partial charge in [-0.15, -0.1) is 0 Å². The molecule has 0 bridgehead atoms. The number of hydrogen-bond donors (Lipinski definition) is 1. The van der Waals surface area contributed by atoms with Gasteiger partial charge in [-0.2, -0.15) is 13.2 Å². The predicted octanol–water partition coefficient (Wildman–Crippen LogP) is 6.10. The van der Waals surface area contributed by atoms with Crippen LogP contribution < -0.4 is 5.32 Å². The number of carbonyl (C=O) groups is 2. The maximum Gasteiger partial charge on any atom is 0.416 e. The molecule has 0 spiro atoms. The Labute approximate surface area is 214 Å². The van der Waals surface area contributed by atoms with E-state index in [1.165, 1.54) is 30.3 Å². The second kappa shape index (κ2) is 11.3. The highest BCUT2D eigenvalue weighted by molar-refractivity contribution is 7.91. The van der Waals surface area contributed by atoms with E-state index in [-0.39, 0.29) is 26.2 Å². The standard InChI is InChI=1S/C24H18Cl2F3NO5S/c25-17-11-10-16(24(27,28)29)14-19(17)30-23(32)22(15-6-2-1-3-7-15)35-21(31)12-13-36(33,34)20-9-5-4-8-18(20)26/h1-11,14,22H,12-13H2,(H,30,32). The van der Waals surface area contributed by atoms with Crippen molar-refractivity contribution in [3.8, 4) is 0 Å². The van der Waals surface area contributed by atoms with Crippen LogP contribution in [-0.2, 0) is 30.3 Å². The van der Waals surface area contributed by atoms with Gasteiger partial charge in [0.2, 0.25) is 6.10 Å². The Hall–Kier alpha value is -3.08. The fourth-order valence-electron chi connectivity index (χ4n) is 3.11. The molecule has 6 nitrogen and oxygen atoms in total. The molecule has 1 unspecified atom stereocenters. The van der Waals surface area contributed by atoms with Crippen molar-refractivity contribution >= 4 is 50.6 Å². The SMILES string of the molecule is O=C(CCS(=O)(=O)c1ccccc1Cl)OC(C(=O)Nc1cc(C(F)(F)F)ccc1Cl)c1ccccc1. The first-order valence-electron chi connectivity index (χ1n) is 10.3. The van der Waals surface area contributed by atoms with Crippen LogP contribution in [0.5, 0.6) is 0 Å². The Morgan fingerprint density at radius 3 is 2.19 bits per heavy atom. The highest BCUT2D eigenvalue weighted by Crippen LogP contribution is 2.34. The Balaban J connectivity index is 1.79. The van der Waals surface area contributed by atoms with Gasteiger partial charge in [0.05, 0.1) is 38.4 Å². The van der Waals surface area contributed by atoms with Gasteiger partial charge in [-0.1, -0.05) is 65.7 Å². The largest absolute Gasteiger partial charge is 0.447 e. The Morgan fingerprint density at radius 2 is 1.56 bits per heavy atom. The molecule has 36 heavy (non-hydrogen) atoms. The summed E-state index contributed by atoms with van der Waals surface area (Å²) in [5.74, 6) is -2.65. The fourth-order valence-corrected chi connectivity index (χ4v) is 5.07. The van der Waals surface area contributed by atoms with Crippen LogP contribution in [0.15, 0.2) is 77.7 Å². The second-order valence-corrected chi connectivity index (χ2v) is 10.4. The van der Waals surface area contributed by atoms with Gasteiger partial charge in [-0.05, 0) is 30.3 Å². The normalized spacial score (nSPS) is 12.6. The van der Waals surface area contributed by atoms with Gasteiger partial charge in [0.1, 0.15) is 0 Å². The molecule has 0 fully saturated rings. The molecule has 0 saturated carbocycles. The van der Waals surface area contributed by atoms with Gasteiger partial charge in [-0.3, -0.25) is 9.59 Å². The van der Waals surface area contributed by atoms with Crippen molar-refractivity contribution in [2.75, 3.05) is 11.1 Å². The molecule has 190 valence electrons. The van der Waals surface area contributed by atoms with Crippen LogP contribution >= 0.6 is 23.2 Å². The van der Waals surface area contributed by atoms with Gasteiger partial charge < -0.3 is 10.1 Å². The number of benzene rings is 3. The summed E-state index contributed by atoms with van der Waals surface area (Å²) < 4.78 is 69.6. The van der Waals surface area contributed by atoms with E-state index in [2.05, 4.69) is 5.32 Å². The lowest BCUT2D eigenvalue weighted by atomic mass is 10.1. The van der Waals surface area contributed by atoms with Crippen LogP contribution in [0, 0.1) is 0 Å². The van der Waals surface area contributed by atoms with Gasteiger partial charge >= 0.3 is 12.1 Å². The van der Waals surface area contributed by atoms with Crippen LogP contribution in [0.2, 0.25) is 10.0 Å². The Morgan fingerprint density at radius 1 is 0.917 bits per heavy atom.